The number of piperidine rings is 1. The van der Waals surface area contributed by atoms with Gasteiger partial charge in [0.1, 0.15) is 5.66 Å². The lowest BCUT2D eigenvalue weighted by molar-refractivity contribution is -0.00250. The second-order valence-electron chi connectivity index (χ2n) is 9.94. The van der Waals surface area contributed by atoms with Crippen LogP contribution >= 0.6 is 0 Å². The zero-order valence-corrected chi connectivity index (χ0v) is 18.8. The normalized spacial score (nSPS) is 29.4. The fraction of sp³-hybridized carbons (Fsp3) is 0.500. The van der Waals surface area contributed by atoms with E-state index < -0.39 is 0 Å². The summed E-state index contributed by atoms with van der Waals surface area (Å²) in [6, 6.07) is 8.92. The molecule has 0 bridgehead atoms. The van der Waals surface area contributed by atoms with E-state index in [1.54, 1.807) is 0 Å². The van der Waals surface area contributed by atoms with Crippen LogP contribution in [0.25, 0.3) is 0 Å². The molecule has 3 heterocycles. The predicted molar refractivity (Wildman–Crippen MR) is 127 cm³/mol. The van der Waals surface area contributed by atoms with Crippen LogP contribution in [0.1, 0.15) is 50.3 Å². The fourth-order valence-electron chi connectivity index (χ4n) is 6.04. The van der Waals surface area contributed by atoms with Crippen molar-refractivity contribution >= 4 is 5.71 Å². The van der Waals surface area contributed by atoms with E-state index in [0.29, 0.717) is 5.92 Å². The van der Waals surface area contributed by atoms with E-state index in [1.165, 1.54) is 11.1 Å². The zero-order chi connectivity index (χ0) is 21.6. The first-order valence-corrected chi connectivity index (χ1v) is 11.7. The van der Waals surface area contributed by atoms with Gasteiger partial charge in [-0.05, 0) is 53.9 Å². The maximum atomic E-state index is 6.82. The largest absolute Gasteiger partial charge is 0.363 e. The van der Waals surface area contributed by atoms with E-state index in [1.807, 2.05) is 0 Å². The second-order valence-corrected chi connectivity index (χ2v) is 9.94. The van der Waals surface area contributed by atoms with Crippen molar-refractivity contribution in [2.75, 3.05) is 19.6 Å². The summed E-state index contributed by atoms with van der Waals surface area (Å²) in [5, 5.41) is 8.31. The molecule has 2 atom stereocenters. The minimum absolute atomic E-state index is 0.152. The van der Waals surface area contributed by atoms with Gasteiger partial charge < -0.3 is 16.5 Å². The first-order valence-electron chi connectivity index (χ1n) is 11.7. The molecule has 0 aromatic heterocycles. The minimum Gasteiger partial charge on any atom is -0.363 e. The Morgan fingerprint density at radius 1 is 1.26 bits per heavy atom. The number of nitrogens with one attached hydrogen (secondary N) is 2. The van der Waals surface area contributed by atoms with Crippen LogP contribution in [0.3, 0.4) is 0 Å². The lowest BCUT2D eigenvalue weighted by Gasteiger charge is -2.53. The molecule has 1 aromatic rings. The van der Waals surface area contributed by atoms with Gasteiger partial charge in [0.15, 0.2) is 0 Å². The summed E-state index contributed by atoms with van der Waals surface area (Å²) < 4.78 is 0. The Morgan fingerprint density at radius 2 is 2.03 bits per heavy atom. The molecule has 31 heavy (non-hydrogen) atoms. The van der Waals surface area contributed by atoms with Crippen LogP contribution in [-0.2, 0) is 6.42 Å². The number of likely N-dealkylation sites (tertiary alicyclic amines) is 1. The highest BCUT2D eigenvalue weighted by Crippen LogP contribution is 2.51. The number of hydrogen-bond donors (Lipinski definition) is 3. The van der Waals surface area contributed by atoms with Gasteiger partial charge in [0.05, 0.1) is 5.71 Å². The lowest BCUT2D eigenvalue weighted by Crippen LogP contribution is -2.64. The van der Waals surface area contributed by atoms with E-state index in [9.17, 15) is 0 Å². The molecule has 5 rings (SSSR count). The molecular formula is C26H35N5. The van der Waals surface area contributed by atoms with Crippen molar-refractivity contribution in [1.82, 2.24) is 15.6 Å². The van der Waals surface area contributed by atoms with Crippen LogP contribution in [0.4, 0.5) is 0 Å². The fourth-order valence-corrected chi connectivity index (χ4v) is 6.04. The third-order valence-electron chi connectivity index (χ3n) is 8.06. The van der Waals surface area contributed by atoms with Crippen LogP contribution in [-0.4, -0.2) is 35.9 Å². The Morgan fingerprint density at radius 3 is 2.71 bits per heavy atom. The highest BCUT2D eigenvalue weighted by atomic mass is 15.3. The van der Waals surface area contributed by atoms with Crippen LogP contribution in [0.2, 0.25) is 0 Å². The van der Waals surface area contributed by atoms with E-state index in [2.05, 4.69) is 83.7 Å². The Bertz CT molecular complexity index is 964. The summed E-state index contributed by atoms with van der Waals surface area (Å²) in [5.41, 5.74) is 15.8. The number of allylic oxidation sites excluding steroid dienone is 3. The Labute approximate surface area is 186 Å². The standard InChI is InChI=1S/C26H35N5/c1-18(2)26(11-6-9-22(29-26)19(3)23-10-14-28-30-23)31-15-12-25(13-16-31)17-20-7-4-5-8-21(20)24(25)27/h4-9,11,18,24,28-29H,3,10,12-17,27H2,1-2H3/t24?,26-/m1/s1. The van der Waals surface area contributed by atoms with Gasteiger partial charge in [-0.2, -0.15) is 5.10 Å². The van der Waals surface area contributed by atoms with Gasteiger partial charge in [-0.3, -0.25) is 4.90 Å². The maximum absolute atomic E-state index is 6.82. The Balaban J connectivity index is 1.34. The van der Waals surface area contributed by atoms with Gasteiger partial charge >= 0.3 is 0 Å². The molecule has 0 amide bonds. The summed E-state index contributed by atoms with van der Waals surface area (Å²) in [5.74, 6) is 0.410. The highest BCUT2D eigenvalue weighted by molar-refractivity contribution is 6.04. The van der Waals surface area contributed by atoms with E-state index in [-0.39, 0.29) is 17.1 Å². The van der Waals surface area contributed by atoms with Crippen LogP contribution in [0.15, 0.2) is 65.4 Å². The van der Waals surface area contributed by atoms with Crippen molar-refractivity contribution in [3.05, 3.63) is 71.5 Å². The summed E-state index contributed by atoms with van der Waals surface area (Å²) in [6.07, 6.45) is 11.0. The van der Waals surface area contributed by atoms with Crippen molar-refractivity contribution in [1.29, 1.82) is 0 Å². The summed E-state index contributed by atoms with van der Waals surface area (Å²) >= 11 is 0. The molecule has 0 radical (unpaired) electrons. The Hall–Kier alpha value is -2.37. The van der Waals surface area contributed by atoms with Crippen molar-refractivity contribution in [2.24, 2.45) is 22.2 Å². The molecule has 1 aromatic carbocycles. The average Bonchev–Trinajstić information content (AvgIpc) is 3.42. The van der Waals surface area contributed by atoms with Gasteiger partial charge in [-0.15, -0.1) is 0 Å². The molecule has 5 heteroatoms. The van der Waals surface area contributed by atoms with Crippen molar-refractivity contribution in [3.8, 4) is 0 Å². The molecule has 164 valence electrons. The quantitative estimate of drug-likeness (QED) is 0.700. The third kappa shape index (κ3) is 3.26. The number of nitrogens with two attached hydrogens (primary N) is 1. The molecule has 1 unspecified atom stereocenters. The number of nitrogens with zero attached hydrogens (tertiary/aromatic N) is 2. The minimum atomic E-state index is -0.212. The van der Waals surface area contributed by atoms with Crippen LogP contribution < -0.4 is 16.5 Å². The number of dihydropyridines is 1. The third-order valence-corrected chi connectivity index (χ3v) is 8.06. The van der Waals surface area contributed by atoms with Gasteiger partial charge in [0, 0.05) is 43.4 Å². The monoisotopic (exact) mass is 417 g/mol. The van der Waals surface area contributed by atoms with Gasteiger partial charge in [-0.1, -0.05) is 50.8 Å². The lowest BCUT2D eigenvalue weighted by atomic mass is 9.72. The summed E-state index contributed by atoms with van der Waals surface area (Å²) in [4.78, 5) is 2.63. The molecule has 0 saturated carbocycles. The Kier molecular flexibility index (Phi) is 5.06. The van der Waals surface area contributed by atoms with Crippen molar-refractivity contribution in [2.45, 2.75) is 51.2 Å². The topological polar surface area (TPSA) is 65.7 Å². The van der Waals surface area contributed by atoms with Gasteiger partial charge in [-0.25, -0.2) is 0 Å². The molecule has 4 N–H and O–H groups in total. The van der Waals surface area contributed by atoms with Gasteiger partial charge in [0.25, 0.3) is 0 Å². The molecule has 1 spiro atoms. The molecule has 1 saturated heterocycles. The molecule has 1 aliphatic carbocycles. The summed E-state index contributed by atoms with van der Waals surface area (Å²) in [7, 11) is 0. The first kappa shape index (κ1) is 20.5. The number of rotatable bonds is 4. The van der Waals surface area contributed by atoms with E-state index in [4.69, 9.17) is 5.73 Å². The van der Waals surface area contributed by atoms with E-state index in [0.717, 1.165) is 62.3 Å². The zero-order valence-electron chi connectivity index (χ0n) is 18.8. The molecular weight excluding hydrogens is 382 g/mol. The molecule has 5 nitrogen and oxygen atoms in total. The summed E-state index contributed by atoms with van der Waals surface area (Å²) in [6.45, 7) is 11.9. The van der Waals surface area contributed by atoms with E-state index >= 15 is 0 Å². The maximum Gasteiger partial charge on any atom is 0.113 e. The van der Waals surface area contributed by atoms with Crippen LogP contribution in [0, 0.1) is 11.3 Å². The number of benzene rings is 1. The predicted octanol–water partition coefficient (Wildman–Crippen LogP) is 3.63. The number of hydrazone groups is 1. The van der Waals surface area contributed by atoms with Crippen molar-refractivity contribution < 1.29 is 0 Å². The first-order chi connectivity index (χ1) is 15.0. The number of hydrogen-bond acceptors (Lipinski definition) is 5. The number of fused-ring (bicyclic) bond motifs is 1. The molecule has 4 aliphatic rings. The van der Waals surface area contributed by atoms with Crippen LogP contribution in [0.5, 0.6) is 0 Å². The smallest absolute Gasteiger partial charge is 0.113 e. The second kappa shape index (κ2) is 7.64. The molecule has 3 aliphatic heterocycles. The molecule has 1 fully saturated rings. The SMILES string of the molecule is C=C(C1=CC=C[C@](C(C)C)(N2CCC3(CC2)Cc2ccccc2C3N)N1)C1=NNCC1. The van der Waals surface area contributed by atoms with Gasteiger partial charge in [0.2, 0.25) is 0 Å². The highest BCUT2D eigenvalue weighted by Gasteiger charge is 2.49. The van der Waals surface area contributed by atoms with Crippen molar-refractivity contribution in [3.63, 3.8) is 0 Å². The average molecular weight is 418 g/mol.